The first kappa shape index (κ1) is 14.8. The third-order valence-corrected chi connectivity index (χ3v) is 3.17. The second-order valence-corrected chi connectivity index (χ2v) is 4.80. The Labute approximate surface area is 113 Å². The molecule has 3 nitrogen and oxygen atoms in total. The highest BCUT2D eigenvalue weighted by Crippen LogP contribution is 2.32. The zero-order valence-corrected chi connectivity index (χ0v) is 10.8. The van der Waals surface area contributed by atoms with E-state index in [9.17, 15) is 22.4 Å². The van der Waals surface area contributed by atoms with Crippen LogP contribution in [0.5, 0.6) is 0 Å². The number of rotatable bonds is 1. The number of alkyl halides is 3. The van der Waals surface area contributed by atoms with Gasteiger partial charge in [-0.25, -0.2) is 4.39 Å². The summed E-state index contributed by atoms with van der Waals surface area (Å²) >= 11 is 0. The van der Waals surface area contributed by atoms with E-state index in [-0.39, 0.29) is 11.6 Å². The Kier molecular flexibility index (Phi) is 3.99. The monoisotopic (exact) mass is 290 g/mol. The fraction of sp³-hybridized carbons (Fsp3) is 0.462. The Bertz CT molecular complexity index is 516. The van der Waals surface area contributed by atoms with Crippen LogP contribution in [0, 0.1) is 5.82 Å². The van der Waals surface area contributed by atoms with Gasteiger partial charge in [-0.3, -0.25) is 4.79 Å². The van der Waals surface area contributed by atoms with Crippen molar-refractivity contribution >= 4 is 5.91 Å². The lowest BCUT2D eigenvalue weighted by Crippen LogP contribution is -2.51. The summed E-state index contributed by atoms with van der Waals surface area (Å²) in [5, 5.41) is 3.13. The van der Waals surface area contributed by atoms with E-state index in [2.05, 4.69) is 5.32 Å². The quantitative estimate of drug-likeness (QED) is 0.805. The number of nitrogens with one attached hydrogen (secondary N) is 1. The van der Waals surface area contributed by atoms with Crippen LogP contribution in [0.15, 0.2) is 18.2 Å². The summed E-state index contributed by atoms with van der Waals surface area (Å²) < 4.78 is 51.0. The molecule has 7 heteroatoms. The number of amides is 1. The largest absolute Gasteiger partial charge is 0.419 e. The molecule has 2 rings (SSSR count). The number of hydrogen-bond acceptors (Lipinski definition) is 2. The van der Waals surface area contributed by atoms with E-state index in [1.807, 2.05) is 6.92 Å². The van der Waals surface area contributed by atoms with E-state index in [4.69, 9.17) is 0 Å². The van der Waals surface area contributed by atoms with Crippen LogP contribution in [0.4, 0.5) is 17.6 Å². The van der Waals surface area contributed by atoms with Gasteiger partial charge >= 0.3 is 6.18 Å². The van der Waals surface area contributed by atoms with Crippen molar-refractivity contribution in [2.45, 2.75) is 19.1 Å². The summed E-state index contributed by atoms with van der Waals surface area (Å²) in [6.45, 7) is 3.30. The molecular formula is C13H14F4N2O. The van der Waals surface area contributed by atoms with Crippen molar-refractivity contribution in [2.75, 3.05) is 19.6 Å². The van der Waals surface area contributed by atoms with Crippen molar-refractivity contribution in [1.29, 1.82) is 0 Å². The normalized spacial score (nSPS) is 20.1. The summed E-state index contributed by atoms with van der Waals surface area (Å²) in [4.78, 5) is 13.6. The van der Waals surface area contributed by atoms with E-state index in [1.165, 1.54) is 4.90 Å². The molecule has 1 aromatic carbocycles. The molecule has 0 aliphatic carbocycles. The molecule has 1 N–H and O–H groups in total. The van der Waals surface area contributed by atoms with Crippen LogP contribution in [0.3, 0.4) is 0 Å². The molecule has 0 aromatic heterocycles. The molecule has 1 amide bonds. The van der Waals surface area contributed by atoms with E-state index in [0.717, 1.165) is 6.07 Å². The van der Waals surface area contributed by atoms with Gasteiger partial charge in [-0.2, -0.15) is 13.2 Å². The van der Waals surface area contributed by atoms with Crippen molar-refractivity contribution in [2.24, 2.45) is 0 Å². The number of halogens is 4. The number of carbonyl (C=O) groups excluding carboxylic acids is 1. The summed E-state index contributed by atoms with van der Waals surface area (Å²) in [5.41, 5.74) is -1.56. The molecule has 20 heavy (non-hydrogen) atoms. The van der Waals surface area contributed by atoms with E-state index < -0.39 is 23.5 Å². The van der Waals surface area contributed by atoms with Crippen molar-refractivity contribution in [3.8, 4) is 0 Å². The maximum atomic E-state index is 13.2. The van der Waals surface area contributed by atoms with Gasteiger partial charge in [0.15, 0.2) is 0 Å². The lowest BCUT2D eigenvalue weighted by atomic mass is 10.1. The first-order chi connectivity index (χ1) is 9.29. The van der Waals surface area contributed by atoms with Crippen molar-refractivity contribution in [3.05, 3.63) is 35.1 Å². The molecule has 1 saturated heterocycles. The van der Waals surface area contributed by atoms with Crippen molar-refractivity contribution < 1.29 is 22.4 Å². The Morgan fingerprint density at radius 1 is 1.40 bits per heavy atom. The van der Waals surface area contributed by atoms with Crippen LogP contribution < -0.4 is 5.32 Å². The molecule has 1 atom stereocenters. The van der Waals surface area contributed by atoms with Gasteiger partial charge in [0, 0.05) is 31.2 Å². The fourth-order valence-electron chi connectivity index (χ4n) is 2.17. The number of benzene rings is 1. The molecule has 1 unspecified atom stereocenters. The highest BCUT2D eigenvalue weighted by Gasteiger charge is 2.35. The van der Waals surface area contributed by atoms with Gasteiger partial charge in [0.05, 0.1) is 5.56 Å². The third-order valence-electron chi connectivity index (χ3n) is 3.17. The number of piperazine rings is 1. The van der Waals surface area contributed by atoms with Gasteiger partial charge in [-0.15, -0.1) is 0 Å². The van der Waals surface area contributed by atoms with Gasteiger partial charge in [-0.05, 0) is 25.1 Å². The second kappa shape index (κ2) is 5.40. The van der Waals surface area contributed by atoms with Crippen LogP contribution in [-0.4, -0.2) is 36.5 Å². The average molecular weight is 290 g/mol. The highest BCUT2D eigenvalue weighted by atomic mass is 19.4. The molecule has 1 aliphatic heterocycles. The SMILES string of the molecule is CC1CN(C(=O)c2ccc(F)c(C(F)(F)F)c2)CCN1. The zero-order chi connectivity index (χ0) is 14.9. The van der Waals surface area contributed by atoms with E-state index in [0.29, 0.717) is 31.8 Å². The molecular weight excluding hydrogens is 276 g/mol. The Morgan fingerprint density at radius 2 is 2.10 bits per heavy atom. The summed E-state index contributed by atoms with van der Waals surface area (Å²) in [7, 11) is 0. The molecule has 1 heterocycles. The minimum atomic E-state index is -4.81. The van der Waals surface area contributed by atoms with Gasteiger partial charge in [0.1, 0.15) is 5.82 Å². The second-order valence-electron chi connectivity index (χ2n) is 4.80. The Morgan fingerprint density at radius 3 is 2.70 bits per heavy atom. The third kappa shape index (κ3) is 3.09. The topological polar surface area (TPSA) is 32.3 Å². The van der Waals surface area contributed by atoms with Crippen LogP contribution in [-0.2, 0) is 6.18 Å². The Hall–Kier alpha value is -1.63. The summed E-state index contributed by atoms with van der Waals surface area (Å²) in [5.74, 6) is -1.88. The predicted octanol–water partition coefficient (Wildman–Crippen LogP) is 2.28. The molecule has 0 spiro atoms. The Balaban J connectivity index is 2.26. The average Bonchev–Trinajstić information content (AvgIpc) is 2.37. The first-order valence-corrected chi connectivity index (χ1v) is 6.18. The minimum absolute atomic E-state index is 0.0789. The zero-order valence-electron chi connectivity index (χ0n) is 10.8. The smallest absolute Gasteiger partial charge is 0.336 e. The summed E-state index contributed by atoms with van der Waals surface area (Å²) in [6, 6.07) is 2.42. The van der Waals surface area contributed by atoms with Gasteiger partial charge in [0.2, 0.25) is 0 Å². The van der Waals surface area contributed by atoms with Gasteiger partial charge in [0.25, 0.3) is 5.91 Å². The molecule has 110 valence electrons. The number of nitrogens with zero attached hydrogens (tertiary/aromatic N) is 1. The van der Waals surface area contributed by atoms with Crippen LogP contribution >= 0.6 is 0 Å². The lowest BCUT2D eigenvalue weighted by Gasteiger charge is -2.32. The van der Waals surface area contributed by atoms with Crippen molar-refractivity contribution in [3.63, 3.8) is 0 Å². The number of carbonyl (C=O) groups is 1. The maximum Gasteiger partial charge on any atom is 0.419 e. The maximum absolute atomic E-state index is 13.2. The van der Waals surface area contributed by atoms with Gasteiger partial charge < -0.3 is 10.2 Å². The highest BCUT2D eigenvalue weighted by molar-refractivity contribution is 5.94. The summed E-state index contributed by atoms with van der Waals surface area (Å²) in [6.07, 6.45) is -4.81. The predicted molar refractivity (Wildman–Crippen MR) is 64.8 cm³/mol. The van der Waals surface area contributed by atoms with E-state index in [1.54, 1.807) is 0 Å². The van der Waals surface area contributed by atoms with Gasteiger partial charge in [-0.1, -0.05) is 0 Å². The molecule has 1 aliphatic rings. The molecule has 1 fully saturated rings. The fourth-order valence-corrected chi connectivity index (χ4v) is 2.17. The van der Waals surface area contributed by atoms with Crippen molar-refractivity contribution in [1.82, 2.24) is 10.2 Å². The van der Waals surface area contributed by atoms with E-state index >= 15 is 0 Å². The number of hydrogen-bond donors (Lipinski definition) is 1. The van der Waals surface area contributed by atoms with Crippen LogP contribution in [0.25, 0.3) is 0 Å². The molecule has 0 saturated carbocycles. The molecule has 0 radical (unpaired) electrons. The van der Waals surface area contributed by atoms with Crippen LogP contribution in [0.1, 0.15) is 22.8 Å². The standard InChI is InChI=1S/C13H14F4N2O/c1-8-7-19(5-4-18-8)12(20)9-2-3-11(14)10(6-9)13(15,16)17/h2-3,6,8,18H,4-5,7H2,1H3. The molecule has 0 bridgehead atoms. The first-order valence-electron chi connectivity index (χ1n) is 6.18. The lowest BCUT2D eigenvalue weighted by molar-refractivity contribution is -0.140. The molecule has 1 aromatic rings. The minimum Gasteiger partial charge on any atom is -0.336 e. The van der Waals surface area contributed by atoms with Crippen LogP contribution in [0.2, 0.25) is 0 Å².